The number of hydrogen-bond donors (Lipinski definition) is 3. The SMILES string of the molecule is CCc1nc(C)oc1C(=O)Nc1nc2cc(C(N)=O)cc(OC)c2n1C/C=C/Cn1c2nc(-c3cc(C)nn3CC)ncc2c2cc(C(N)=O)cc(OCCC3CN(C(=O)CCN4C(=O)C=CC4=O)C3)c21. The van der Waals surface area contributed by atoms with Crippen LogP contribution in [0.15, 0.2) is 65.2 Å². The molecule has 0 atom stereocenters. The minimum atomic E-state index is -0.683. The third kappa shape index (κ3) is 9.18. The van der Waals surface area contributed by atoms with Gasteiger partial charge in [0.15, 0.2) is 11.7 Å². The maximum atomic E-state index is 13.7. The van der Waals surface area contributed by atoms with Crippen molar-refractivity contribution in [3.63, 3.8) is 0 Å². The number of oxazole rings is 1. The molecule has 2 aliphatic heterocycles. The molecule has 71 heavy (non-hydrogen) atoms. The van der Waals surface area contributed by atoms with E-state index in [1.54, 1.807) is 34.7 Å². The van der Waals surface area contributed by atoms with Crippen molar-refractivity contribution in [3.05, 3.63) is 95.0 Å². The van der Waals surface area contributed by atoms with Crippen LogP contribution in [0.1, 0.15) is 75.2 Å². The highest BCUT2D eigenvalue weighted by Gasteiger charge is 2.32. The molecule has 0 saturated carbocycles. The first-order valence-corrected chi connectivity index (χ1v) is 23.1. The summed E-state index contributed by atoms with van der Waals surface area (Å²) in [6.07, 6.45) is 8.97. The number of aryl methyl sites for hydroxylation is 4. The van der Waals surface area contributed by atoms with Crippen molar-refractivity contribution in [3.8, 4) is 23.0 Å². The molecule has 22 heteroatoms. The first kappa shape index (κ1) is 47.4. The zero-order chi connectivity index (χ0) is 50.2. The number of ether oxygens (including phenoxy) is 2. The smallest absolute Gasteiger partial charge is 0.295 e. The fraction of sp³-hybridized carbons (Fsp3) is 0.327. The van der Waals surface area contributed by atoms with Crippen molar-refractivity contribution in [2.24, 2.45) is 17.4 Å². The zero-order valence-electron chi connectivity index (χ0n) is 39.7. The van der Waals surface area contributed by atoms with Gasteiger partial charge in [0.1, 0.15) is 28.4 Å². The highest BCUT2D eigenvalue weighted by atomic mass is 16.5. The van der Waals surface area contributed by atoms with Gasteiger partial charge in [0.2, 0.25) is 29.4 Å². The molecule has 9 rings (SSSR count). The van der Waals surface area contributed by atoms with Gasteiger partial charge in [-0.1, -0.05) is 19.1 Å². The maximum Gasteiger partial charge on any atom is 0.295 e. The predicted molar refractivity (Wildman–Crippen MR) is 258 cm³/mol. The number of nitrogens with zero attached hydrogens (tertiary/aromatic N) is 10. The fourth-order valence-corrected chi connectivity index (χ4v) is 9.00. The number of allylic oxidation sites excluding steroid dienone is 2. The highest BCUT2D eigenvalue weighted by Crippen LogP contribution is 2.37. The van der Waals surface area contributed by atoms with Crippen LogP contribution in [0.2, 0.25) is 0 Å². The number of nitrogens with one attached hydrogen (secondary N) is 1. The summed E-state index contributed by atoms with van der Waals surface area (Å²) in [5.74, 6) is -1.12. The summed E-state index contributed by atoms with van der Waals surface area (Å²) in [5.41, 5.74) is 16.0. The molecule has 1 fully saturated rings. The molecule has 2 aliphatic rings. The Morgan fingerprint density at radius 1 is 0.873 bits per heavy atom. The summed E-state index contributed by atoms with van der Waals surface area (Å²) in [5, 5.41) is 8.75. The van der Waals surface area contributed by atoms with Gasteiger partial charge in [-0.3, -0.25) is 43.7 Å². The zero-order valence-corrected chi connectivity index (χ0v) is 39.7. The first-order chi connectivity index (χ1) is 34.1. The Morgan fingerprint density at radius 2 is 1.58 bits per heavy atom. The van der Waals surface area contributed by atoms with Crippen molar-refractivity contribution in [2.45, 2.75) is 66.6 Å². The average molecular weight is 966 g/mol. The number of anilines is 1. The monoisotopic (exact) mass is 965 g/mol. The van der Waals surface area contributed by atoms with E-state index in [0.717, 1.165) is 16.3 Å². The van der Waals surface area contributed by atoms with Gasteiger partial charge in [-0.05, 0) is 62.9 Å². The molecule has 0 radical (unpaired) electrons. The molecule has 5 N–H and O–H groups in total. The highest BCUT2D eigenvalue weighted by molar-refractivity contribution is 6.13. The minimum absolute atomic E-state index is 0.0226. The lowest BCUT2D eigenvalue weighted by atomic mass is 9.96. The molecule has 5 aromatic heterocycles. The normalized spacial score (nSPS) is 13.9. The van der Waals surface area contributed by atoms with Crippen LogP contribution >= 0.6 is 0 Å². The van der Waals surface area contributed by atoms with E-state index < -0.39 is 29.5 Å². The second-order valence-corrected chi connectivity index (χ2v) is 17.2. The number of carbonyl (C=O) groups excluding carboxylic acids is 6. The van der Waals surface area contributed by atoms with Gasteiger partial charge in [-0.15, -0.1) is 0 Å². The molecule has 0 aliphatic carbocycles. The molecule has 0 spiro atoms. The number of imide groups is 1. The number of likely N-dealkylation sites (tertiary alicyclic amines) is 1. The Kier molecular flexibility index (Phi) is 12.9. The molecular weight excluding hydrogens is 915 g/mol. The van der Waals surface area contributed by atoms with Crippen molar-refractivity contribution in [2.75, 3.05) is 38.7 Å². The predicted octanol–water partition coefficient (Wildman–Crippen LogP) is 4.24. The molecule has 2 aromatic carbocycles. The molecule has 1 saturated heterocycles. The maximum absolute atomic E-state index is 13.7. The lowest BCUT2D eigenvalue weighted by Crippen LogP contribution is -2.51. The van der Waals surface area contributed by atoms with Crippen molar-refractivity contribution in [1.29, 1.82) is 0 Å². The van der Waals surface area contributed by atoms with Gasteiger partial charge in [0.25, 0.3) is 17.7 Å². The molecular formula is C49H51N13O9. The van der Waals surface area contributed by atoms with E-state index >= 15 is 0 Å². The van der Waals surface area contributed by atoms with Crippen LogP contribution < -0.4 is 26.3 Å². The van der Waals surface area contributed by atoms with E-state index in [2.05, 4.69) is 15.4 Å². The molecule has 22 nitrogen and oxygen atoms in total. The van der Waals surface area contributed by atoms with Crippen LogP contribution in [-0.4, -0.2) is 117 Å². The average Bonchev–Trinajstić information content (AvgIpc) is 4.15. The largest absolute Gasteiger partial charge is 0.494 e. The second kappa shape index (κ2) is 19.4. The van der Waals surface area contributed by atoms with E-state index in [1.165, 1.54) is 31.4 Å². The number of methoxy groups -OCH3 is 1. The fourth-order valence-electron chi connectivity index (χ4n) is 9.00. The van der Waals surface area contributed by atoms with Crippen LogP contribution in [0.4, 0.5) is 5.95 Å². The molecule has 7 aromatic rings. The molecule has 6 amide bonds. The molecule has 7 heterocycles. The van der Waals surface area contributed by atoms with Crippen molar-refractivity contribution in [1.82, 2.24) is 48.7 Å². The molecule has 0 bridgehead atoms. The number of rotatable bonds is 19. The van der Waals surface area contributed by atoms with E-state index in [0.29, 0.717) is 94.4 Å². The number of fused-ring (bicyclic) bond motifs is 4. The number of primary amides is 2. The number of amides is 6. The van der Waals surface area contributed by atoms with Gasteiger partial charge in [-0.2, -0.15) is 5.10 Å². The minimum Gasteiger partial charge on any atom is -0.494 e. The van der Waals surface area contributed by atoms with E-state index in [-0.39, 0.29) is 67.3 Å². The van der Waals surface area contributed by atoms with Crippen LogP contribution in [0.25, 0.3) is 44.5 Å². The van der Waals surface area contributed by atoms with Crippen molar-refractivity contribution < 1.29 is 42.7 Å². The summed E-state index contributed by atoms with van der Waals surface area (Å²) in [6, 6.07) is 8.26. The van der Waals surface area contributed by atoms with E-state index in [4.69, 9.17) is 40.3 Å². The summed E-state index contributed by atoms with van der Waals surface area (Å²) < 4.78 is 23.5. The van der Waals surface area contributed by atoms with Gasteiger partial charge in [-0.25, -0.2) is 19.9 Å². The Morgan fingerprint density at radius 3 is 2.27 bits per heavy atom. The quantitative estimate of drug-likeness (QED) is 0.0755. The Labute approximate surface area is 405 Å². The molecule has 366 valence electrons. The Hall–Kier alpha value is -8.69. The Bertz CT molecular complexity index is 3370. The van der Waals surface area contributed by atoms with E-state index in [9.17, 15) is 28.8 Å². The number of carbonyl (C=O) groups is 6. The van der Waals surface area contributed by atoms with Crippen LogP contribution in [0.5, 0.6) is 11.5 Å². The third-order valence-electron chi connectivity index (χ3n) is 12.5. The summed E-state index contributed by atoms with van der Waals surface area (Å²) in [4.78, 5) is 97.3. The number of hydrogen-bond acceptors (Lipinski definition) is 14. The van der Waals surface area contributed by atoms with Gasteiger partial charge >= 0.3 is 0 Å². The number of nitrogens with two attached hydrogens (primary N) is 2. The first-order valence-electron chi connectivity index (χ1n) is 23.1. The lowest BCUT2D eigenvalue weighted by Gasteiger charge is -2.39. The molecule has 0 unspecified atom stereocenters. The number of aromatic nitrogens is 8. The number of benzene rings is 2. The summed E-state index contributed by atoms with van der Waals surface area (Å²) in [6.45, 7) is 9.61. The van der Waals surface area contributed by atoms with Crippen LogP contribution in [-0.2, 0) is 40.4 Å². The van der Waals surface area contributed by atoms with Crippen LogP contribution in [0, 0.1) is 19.8 Å². The van der Waals surface area contributed by atoms with E-state index in [1.807, 2.05) is 48.2 Å². The summed E-state index contributed by atoms with van der Waals surface area (Å²) in [7, 11) is 1.46. The summed E-state index contributed by atoms with van der Waals surface area (Å²) >= 11 is 0. The second-order valence-electron chi connectivity index (χ2n) is 17.2. The Balaban J connectivity index is 1.04. The third-order valence-corrected chi connectivity index (χ3v) is 12.5. The van der Waals surface area contributed by atoms with Crippen molar-refractivity contribution >= 4 is 74.4 Å². The van der Waals surface area contributed by atoms with Crippen LogP contribution in [0.3, 0.4) is 0 Å². The van der Waals surface area contributed by atoms with Gasteiger partial charge in [0, 0.05) is 92.9 Å². The lowest BCUT2D eigenvalue weighted by molar-refractivity contribution is -0.140. The topological polar surface area (TPSA) is 284 Å². The standard InChI is InChI=1S/C49H51N13O9/c1-6-33-43(71-27(4)53-33)48(68)56-49-54-34-20-30(45(51)67)21-36(69-5)42(34)61(49)15-9-8-14-60-41-31(32-23-52-46(55-47(32)60)35-18-26(3)57-62(35)7-2)19-29(44(50)66)22-37(41)70-17-13-28-24-58(25-28)38(63)12-16-59-39(64)10-11-40(59)65/h8-11,18-23,28H,6-7,12-17,24-25H2,1-5H3,(H2,50,66)(H2,51,67)(H,54,56,68)/b9-8+. The van der Waals surface area contributed by atoms with Gasteiger partial charge in [0.05, 0.1) is 36.1 Å². The number of imidazole rings is 1. The van der Waals surface area contributed by atoms with Gasteiger partial charge < -0.3 is 39.4 Å².